The molecule has 146 valence electrons. The third kappa shape index (κ3) is 3.77. The highest BCUT2D eigenvalue weighted by Gasteiger charge is 2.17. The lowest BCUT2D eigenvalue weighted by Gasteiger charge is -2.13. The predicted molar refractivity (Wildman–Crippen MR) is 106 cm³/mol. The van der Waals surface area contributed by atoms with Crippen LogP contribution in [-0.2, 0) is 13.0 Å². The summed E-state index contributed by atoms with van der Waals surface area (Å²) in [6, 6.07) is 7.64. The van der Waals surface area contributed by atoms with Crippen molar-refractivity contribution in [3.8, 4) is 5.75 Å². The molecule has 0 saturated carbocycles. The zero-order valence-electron chi connectivity index (χ0n) is 15.5. The summed E-state index contributed by atoms with van der Waals surface area (Å²) < 4.78 is 7.32. The number of fused-ring (bicyclic) bond motifs is 3. The minimum atomic E-state index is -0.290. The molecule has 4 bridgehead atoms. The standard InChI is InChI=1S/C20H23N5O3/c21-18-17-19-23-16(22-18)10-14(12-26)5-2-1-3-8-28-15-7-4-6-13(9-15)11-25(19)20(27)24-17/h1,3-4,6-7,9,14,26H,2,5,8,10-12H2,(H,24,27)(H2,21,22,23)/b3-1+. The summed E-state index contributed by atoms with van der Waals surface area (Å²) in [5.41, 5.74) is 7.62. The van der Waals surface area contributed by atoms with Gasteiger partial charge in [-0.25, -0.2) is 14.8 Å². The van der Waals surface area contributed by atoms with Crippen LogP contribution in [0.4, 0.5) is 5.82 Å². The van der Waals surface area contributed by atoms with Crippen LogP contribution in [0.25, 0.3) is 11.2 Å². The van der Waals surface area contributed by atoms with Crippen LogP contribution in [0.5, 0.6) is 5.75 Å². The number of aromatic nitrogens is 4. The molecule has 3 heterocycles. The average molecular weight is 381 g/mol. The van der Waals surface area contributed by atoms with Gasteiger partial charge < -0.3 is 20.6 Å². The number of allylic oxidation sites excluding steroid dienone is 1. The van der Waals surface area contributed by atoms with Crippen LogP contribution in [-0.4, -0.2) is 37.8 Å². The van der Waals surface area contributed by atoms with Gasteiger partial charge in [-0.3, -0.25) is 4.57 Å². The lowest BCUT2D eigenvalue weighted by atomic mass is 10.00. The van der Waals surface area contributed by atoms with Gasteiger partial charge >= 0.3 is 5.69 Å². The topological polar surface area (TPSA) is 119 Å². The second kappa shape index (κ2) is 7.85. The third-order valence-corrected chi connectivity index (χ3v) is 4.92. The monoisotopic (exact) mass is 381 g/mol. The molecule has 1 aliphatic rings. The van der Waals surface area contributed by atoms with Gasteiger partial charge in [0.05, 0.1) is 6.54 Å². The summed E-state index contributed by atoms with van der Waals surface area (Å²) in [4.78, 5) is 24.2. The molecular formula is C20H23N5O3. The van der Waals surface area contributed by atoms with Gasteiger partial charge in [-0.1, -0.05) is 24.3 Å². The smallest absolute Gasteiger partial charge is 0.328 e. The number of nitrogen functional groups attached to an aromatic ring is 1. The lowest BCUT2D eigenvalue weighted by Crippen LogP contribution is -2.18. The zero-order chi connectivity index (χ0) is 19.5. The molecule has 1 aliphatic heterocycles. The van der Waals surface area contributed by atoms with Crippen molar-refractivity contribution < 1.29 is 9.84 Å². The molecule has 8 heteroatoms. The fraction of sp³-hybridized carbons (Fsp3) is 0.350. The summed E-state index contributed by atoms with van der Waals surface area (Å²) in [5, 5.41) is 9.71. The normalized spacial score (nSPS) is 18.8. The van der Waals surface area contributed by atoms with E-state index in [2.05, 4.69) is 21.0 Å². The zero-order valence-corrected chi connectivity index (χ0v) is 15.5. The van der Waals surface area contributed by atoms with Gasteiger partial charge in [0.1, 0.15) is 23.7 Å². The third-order valence-electron chi connectivity index (χ3n) is 4.92. The highest BCUT2D eigenvalue weighted by molar-refractivity contribution is 5.81. The van der Waals surface area contributed by atoms with Crippen LogP contribution >= 0.6 is 0 Å². The van der Waals surface area contributed by atoms with Crippen LogP contribution in [0, 0.1) is 5.92 Å². The number of aliphatic hydroxyl groups excluding tert-OH is 1. The maximum atomic E-state index is 12.5. The van der Waals surface area contributed by atoms with E-state index in [1.165, 1.54) is 0 Å². The molecule has 0 fully saturated rings. The summed E-state index contributed by atoms with van der Waals surface area (Å²) >= 11 is 0. The summed E-state index contributed by atoms with van der Waals surface area (Å²) in [5.74, 6) is 1.53. The number of hydrogen-bond donors (Lipinski definition) is 3. The molecule has 0 aliphatic carbocycles. The molecule has 0 saturated heterocycles. The van der Waals surface area contributed by atoms with Crippen molar-refractivity contribution in [2.24, 2.45) is 5.92 Å². The van der Waals surface area contributed by atoms with Crippen molar-refractivity contribution in [3.05, 3.63) is 58.3 Å². The number of aromatic amines is 1. The molecule has 1 atom stereocenters. The minimum Gasteiger partial charge on any atom is -0.490 e. The molecule has 0 radical (unpaired) electrons. The van der Waals surface area contributed by atoms with Crippen LogP contribution < -0.4 is 16.2 Å². The second-order valence-electron chi connectivity index (χ2n) is 7.00. The molecule has 1 unspecified atom stereocenters. The van der Waals surface area contributed by atoms with E-state index < -0.39 is 0 Å². The van der Waals surface area contributed by atoms with Crippen molar-refractivity contribution in [3.63, 3.8) is 0 Å². The van der Waals surface area contributed by atoms with Gasteiger partial charge in [0.2, 0.25) is 0 Å². The highest BCUT2D eigenvalue weighted by atomic mass is 16.5. The van der Waals surface area contributed by atoms with Crippen LogP contribution in [0.1, 0.15) is 24.2 Å². The molecule has 3 aromatic rings. The van der Waals surface area contributed by atoms with Crippen molar-refractivity contribution in [1.29, 1.82) is 0 Å². The van der Waals surface area contributed by atoms with Gasteiger partial charge in [-0.05, 0) is 36.5 Å². The molecular weight excluding hydrogens is 358 g/mol. The molecule has 28 heavy (non-hydrogen) atoms. The van der Waals surface area contributed by atoms with E-state index in [1.54, 1.807) is 4.57 Å². The first-order valence-corrected chi connectivity index (χ1v) is 9.36. The Labute approximate surface area is 161 Å². The Morgan fingerprint density at radius 2 is 2.21 bits per heavy atom. The maximum absolute atomic E-state index is 12.5. The van der Waals surface area contributed by atoms with Crippen molar-refractivity contribution >= 4 is 17.0 Å². The fourth-order valence-corrected chi connectivity index (χ4v) is 3.43. The summed E-state index contributed by atoms with van der Waals surface area (Å²) in [6.45, 7) is 0.849. The first-order chi connectivity index (χ1) is 13.6. The van der Waals surface area contributed by atoms with Gasteiger partial charge in [0.15, 0.2) is 11.5 Å². The largest absolute Gasteiger partial charge is 0.490 e. The number of imidazole rings is 1. The van der Waals surface area contributed by atoms with E-state index in [9.17, 15) is 9.90 Å². The number of ether oxygens (including phenoxy) is 1. The van der Waals surface area contributed by atoms with E-state index in [0.29, 0.717) is 36.6 Å². The molecule has 4 rings (SSSR count). The van der Waals surface area contributed by atoms with E-state index in [-0.39, 0.29) is 24.0 Å². The molecule has 8 nitrogen and oxygen atoms in total. The number of H-pyrrole nitrogens is 1. The highest BCUT2D eigenvalue weighted by Crippen LogP contribution is 2.20. The number of rotatable bonds is 1. The van der Waals surface area contributed by atoms with Crippen molar-refractivity contribution in [2.45, 2.75) is 25.8 Å². The quantitative estimate of drug-likeness (QED) is 0.551. The first-order valence-electron chi connectivity index (χ1n) is 9.36. The predicted octanol–water partition coefficient (Wildman–Crippen LogP) is 1.63. The van der Waals surface area contributed by atoms with Gasteiger partial charge in [-0.2, -0.15) is 0 Å². The Bertz CT molecular complexity index is 1070. The van der Waals surface area contributed by atoms with Crippen molar-refractivity contribution in [1.82, 2.24) is 19.5 Å². The second-order valence-corrected chi connectivity index (χ2v) is 7.00. The minimum absolute atomic E-state index is 0.0159. The van der Waals surface area contributed by atoms with Crippen LogP contribution in [0.3, 0.4) is 0 Å². The molecule has 0 spiro atoms. The van der Waals surface area contributed by atoms with E-state index in [4.69, 9.17) is 10.5 Å². The summed E-state index contributed by atoms with van der Waals surface area (Å²) in [6.07, 6.45) is 6.14. The molecule has 0 amide bonds. The lowest BCUT2D eigenvalue weighted by molar-refractivity contribution is 0.217. The number of aliphatic hydroxyl groups is 1. The number of nitrogens with one attached hydrogen (secondary N) is 1. The van der Waals surface area contributed by atoms with Gasteiger partial charge in [0.25, 0.3) is 0 Å². The van der Waals surface area contributed by atoms with Crippen LogP contribution in [0.15, 0.2) is 41.2 Å². The number of nitrogens with zero attached hydrogens (tertiary/aromatic N) is 3. The Morgan fingerprint density at radius 3 is 3.07 bits per heavy atom. The number of nitrogens with two attached hydrogens (primary N) is 1. The molecule has 2 aromatic heterocycles. The van der Waals surface area contributed by atoms with Crippen molar-refractivity contribution in [2.75, 3.05) is 18.9 Å². The van der Waals surface area contributed by atoms with Gasteiger partial charge in [0, 0.05) is 13.0 Å². The van der Waals surface area contributed by atoms with Crippen LogP contribution in [0.2, 0.25) is 0 Å². The van der Waals surface area contributed by atoms with E-state index in [0.717, 1.165) is 24.2 Å². The van der Waals surface area contributed by atoms with E-state index in [1.807, 2.05) is 30.3 Å². The average Bonchev–Trinajstić information content (AvgIpc) is 2.99. The number of benzene rings is 1. The Kier molecular flexibility index (Phi) is 5.12. The fourth-order valence-electron chi connectivity index (χ4n) is 3.43. The van der Waals surface area contributed by atoms with Gasteiger partial charge in [-0.15, -0.1) is 0 Å². The summed E-state index contributed by atoms with van der Waals surface area (Å²) in [7, 11) is 0. The SMILES string of the molecule is Nc1nc2nc3c1[nH]c(=O)n3Cc1cccc(c1)OC/C=C/CCC(CO)C2. The number of anilines is 1. The van der Waals surface area contributed by atoms with E-state index >= 15 is 0 Å². The maximum Gasteiger partial charge on any atom is 0.328 e. The molecule has 4 N–H and O–H groups in total. The Balaban J connectivity index is 1.81. The molecule has 1 aromatic carbocycles. The Morgan fingerprint density at radius 1 is 1.32 bits per heavy atom. The Hall–Kier alpha value is -3.13. The first kappa shape index (κ1) is 18.2. The number of hydrogen-bond acceptors (Lipinski definition) is 6.